The van der Waals surface area contributed by atoms with Gasteiger partial charge in [-0.2, -0.15) is 5.10 Å². The molecule has 0 unspecified atom stereocenters. The summed E-state index contributed by atoms with van der Waals surface area (Å²) in [6.45, 7) is 14.2. The fourth-order valence-electron chi connectivity index (χ4n) is 3.92. The average molecular weight is 371 g/mol. The van der Waals surface area contributed by atoms with E-state index in [1.54, 1.807) is 0 Å². The normalized spacial score (nSPS) is 16.4. The van der Waals surface area contributed by atoms with E-state index >= 15 is 0 Å². The molecule has 0 radical (unpaired) electrons. The third kappa shape index (κ3) is 3.86. The van der Waals surface area contributed by atoms with Crippen molar-refractivity contribution in [3.05, 3.63) is 40.7 Å². The topological polar surface area (TPSA) is 54.6 Å². The predicted octanol–water partition coefficient (Wildman–Crippen LogP) is 1.39. The molecule has 2 N–H and O–H groups in total. The second-order valence-electron chi connectivity index (χ2n) is 7.74. The summed E-state index contributed by atoms with van der Waals surface area (Å²) in [6, 6.07) is 6.42. The molecule has 6 nitrogen and oxygen atoms in total. The molecular weight excluding hydrogens is 338 g/mol. The van der Waals surface area contributed by atoms with E-state index in [4.69, 9.17) is 0 Å². The molecule has 2 aromatic rings. The Balaban J connectivity index is 1.62. The van der Waals surface area contributed by atoms with Gasteiger partial charge in [0.1, 0.15) is 0 Å². The minimum atomic E-state index is -0.0789. The number of carbonyl (C=O) groups excluding carboxylic acids is 1. The Labute approximate surface area is 162 Å². The molecule has 27 heavy (non-hydrogen) atoms. The maximum atomic E-state index is 12.8. The summed E-state index contributed by atoms with van der Waals surface area (Å²) in [7, 11) is 1.90. The van der Waals surface area contributed by atoms with Gasteiger partial charge in [-0.15, -0.1) is 0 Å². The highest BCUT2D eigenvalue weighted by molar-refractivity contribution is 5.94. The van der Waals surface area contributed by atoms with Crippen molar-refractivity contribution in [2.75, 3.05) is 36.4 Å². The van der Waals surface area contributed by atoms with Crippen molar-refractivity contribution in [3.63, 3.8) is 0 Å². The van der Waals surface area contributed by atoms with E-state index in [1.165, 1.54) is 21.7 Å². The number of hydrogen-bond acceptors (Lipinski definition) is 3. The number of rotatable bonds is 4. The van der Waals surface area contributed by atoms with Crippen LogP contribution in [-0.4, -0.2) is 47.9 Å². The van der Waals surface area contributed by atoms with E-state index in [9.17, 15) is 4.79 Å². The molecule has 0 bridgehead atoms. The van der Waals surface area contributed by atoms with Crippen LogP contribution in [0.5, 0.6) is 0 Å². The van der Waals surface area contributed by atoms with Gasteiger partial charge in [0, 0.05) is 12.7 Å². The Bertz CT molecular complexity index is 833. The minimum Gasteiger partial charge on any atom is -0.360 e. The third-order valence-electron chi connectivity index (χ3n) is 6.09. The number of quaternary nitrogens is 1. The van der Waals surface area contributed by atoms with Gasteiger partial charge in [0.25, 0.3) is 5.91 Å². The Morgan fingerprint density at radius 2 is 1.85 bits per heavy atom. The van der Waals surface area contributed by atoms with Gasteiger partial charge in [0.05, 0.1) is 43.3 Å². The zero-order chi connectivity index (χ0) is 19.7. The summed E-state index contributed by atoms with van der Waals surface area (Å²) in [5, 5.41) is 7.48. The first-order valence-corrected chi connectivity index (χ1v) is 9.76. The lowest BCUT2D eigenvalue weighted by atomic mass is 10.1. The van der Waals surface area contributed by atoms with Crippen molar-refractivity contribution >= 4 is 17.3 Å². The Kier molecular flexibility index (Phi) is 5.56. The van der Waals surface area contributed by atoms with Gasteiger partial charge in [0.15, 0.2) is 6.04 Å². The summed E-state index contributed by atoms with van der Waals surface area (Å²) in [5.41, 5.74) is 6.72. The van der Waals surface area contributed by atoms with Crippen LogP contribution < -0.4 is 15.1 Å². The highest BCUT2D eigenvalue weighted by Crippen LogP contribution is 2.22. The van der Waals surface area contributed by atoms with Crippen LogP contribution in [0.1, 0.15) is 29.4 Å². The average Bonchev–Trinajstić information content (AvgIpc) is 2.89. The maximum absolute atomic E-state index is 12.8. The number of nitrogens with zero attached hydrogens (tertiary/aromatic N) is 3. The smallest absolute Gasteiger partial charge is 0.282 e. The summed E-state index contributed by atoms with van der Waals surface area (Å²) < 4.78 is 1.81. The number of amides is 1. The van der Waals surface area contributed by atoms with Gasteiger partial charge < -0.3 is 15.1 Å². The second kappa shape index (κ2) is 7.72. The quantitative estimate of drug-likeness (QED) is 0.855. The van der Waals surface area contributed by atoms with Crippen LogP contribution in [0.25, 0.3) is 0 Å². The number of benzene rings is 1. The summed E-state index contributed by atoms with van der Waals surface area (Å²) in [5.74, 6) is 0.0735. The van der Waals surface area contributed by atoms with E-state index in [1.807, 2.05) is 32.5 Å². The largest absolute Gasteiger partial charge is 0.360 e. The van der Waals surface area contributed by atoms with Crippen molar-refractivity contribution in [2.45, 2.75) is 40.7 Å². The molecule has 0 aliphatic carbocycles. The lowest BCUT2D eigenvalue weighted by Gasteiger charge is -2.36. The number of piperazine rings is 1. The molecule has 2 heterocycles. The fourth-order valence-corrected chi connectivity index (χ4v) is 3.92. The number of carbonyl (C=O) groups is 1. The van der Waals surface area contributed by atoms with Gasteiger partial charge in [-0.3, -0.25) is 9.48 Å². The Morgan fingerprint density at radius 1 is 1.19 bits per heavy atom. The van der Waals surface area contributed by atoms with Crippen LogP contribution >= 0.6 is 0 Å². The molecule has 0 spiro atoms. The Morgan fingerprint density at radius 3 is 2.44 bits per heavy atom. The molecule has 1 fully saturated rings. The van der Waals surface area contributed by atoms with E-state index in [2.05, 4.69) is 47.4 Å². The van der Waals surface area contributed by atoms with Crippen molar-refractivity contribution in [1.82, 2.24) is 9.78 Å². The van der Waals surface area contributed by atoms with Crippen molar-refractivity contribution in [2.24, 2.45) is 7.05 Å². The number of anilines is 2. The van der Waals surface area contributed by atoms with Gasteiger partial charge in [-0.1, -0.05) is 12.1 Å². The molecule has 1 amide bonds. The first-order valence-electron chi connectivity index (χ1n) is 9.76. The van der Waals surface area contributed by atoms with Crippen molar-refractivity contribution < 1.29 is 9.69 Å². The van der Waals surface area contributed by atoms with Gasteiger partial charge in [0.2, 0.25) is 0 Å². The molecule has 146 valence electrons. The van der Waals surface area contributed by atoms with Crippen LogP contribution in [0, 0.1) is 27.7 Å². The van der Waals surface area contributed by atoms with Gasteiger partial charge in [-0.05, 0) is 51.8 Å². The summed E-state index contributed by atoms with van der Waals surface area (Å²) in [6.07, 6.45) is 0. The molecule has 1 aliphatic rings. The fraction of sp³-hybridized carbons (Fsp3) is 0.524. The van der Waals surface area contributed by atoms with Gasteiger partial charge in [-0.25, -0.2) is 0 Å². The van der Waals surface area contributed by atoms with Crippen LogP contribution in [0.4, 0.5) is 11.4 Å². The highest BCUT2D eigenvalue weighted by Gasteiger charge is 2.30. The first kappa shape index (κ1) is 19.4. The third-order valence-corrected chi connectivity index (χ3v) is 6.09. The number of hydrogen-bond donors (Lipinski definition) is 2. The zero-order valence-electron chi connectivity index (χ0n) is 17.4. The van der Waals surface area contributed by atoms with E-state index in [0.717, 1.165) is 43.3 Å². The lowest BCUT2D eigenvalue weighted by molar-refractivity contribution is -0.914. The van der Waals surface area contributed by atoms with E-state index < -0.39 is 0 Å². The van der Waals surface area contributed by atoms with Crippen LogP contribution in [-0.2, 0) is 11.8 Å². The SMILES string of the molecule is Cc1cccc(N2CC[NH+]([C@H](C)C(=O)Nc3c(C)nn(C)c3C)CC2)c1C. The molecule has 1 aliphatic heterocycles. The van der Waals surface area contributed by atoms with Crippen LogP contribution in [0.2, 0.25) is 0 Å². The standard InChI is InChI=1S/C21H31N5O/c1-14-8-7-9-19(15(14)2)26-12-10-25(11-13-26)18(5)21(27)22-20-16(3)23-24(6)17(20)4/h7-9,18H,10-13H2,1-6H3,(H,22,27)/p+1/t18-/m1/s1. The lowest BCUT2D eigenvalue weighted by Crippen LogP contribution is -3.19. The van der Waals surface area contributed by atoms with Crippen LogP contribution in [0.15, 0.2) is 18.2 Å². The van der Waals surface area contributed by atoms with Crippen LogP contribution in [0.3, 0.4) is 0 Å². The maximum Gasteiger partial charge on any atom is 0.282 e. The number of aromatic nitrogens is 2. The minimum absolute atomic E-state index is 0.0735. The molecule has 1 aromatic carbocycles. The predicted molar refractivity (Wildman–Crippen MR) is 110 cm³/mol. The molecule has 1 saturated heterocycles. The Hall–Kier alpha value is -2.34. The summed E-state index contributed by atoms with van der Waals surface area (Å²) in [4.78, 5) is 16.6. The molecular formula is C21H32N5O+. The molecule has 6 heteroatoms. The zero-order valence-corrected chi connectivity index (χ0v) is 17.4. The number of aryl methyl sites for hydroxylation is 3. The van der Waals surface area contributed by atoms with E-state index in [0.29, 0.717) is 0 Å². The number of nitrogens with one attached hydrogen (secondary N) is 2. The highest BCUT2D eigenvalue weighted by atomic mass is 16.2. The molecule has 0 saturated carbocycles. The van der Waals surface area contributed by atoms with Crippen molar-refractivity contribution in [1.29, 1.82) is 0 Å². The molecule has 1 aromatic heterocycles. The monoisotopic (exact) mass is 370 g/mol. The van der Waals surface area contributed by atoms with Gasteiger partial charge >= 0.3 is 0 Å². The first-order chi connectivity index (χ1) is 12.8. The summed E-state index contributed by atoms with van der Waals surface area (Å²) >= 11 is 0. The molecule has 1 atom stereocenters. The van der Waals surface area contributed by atoms with E-state index in [-0.39, 0.29) is 11.9 Å². The second-order valence-corrected chi connectivity index (χ2v) is 7.74. The van der Waals surface area contributed by atoms with Crippen molar-refractivity contribution in [3.8, 4) is 0 Å². The molecule has 3 rings (SSSR count).